The Morgan fingerprint density at radius 1 is 1.13 bits per heavy atom. The van der Waals surface area contributed by atoms with Gasteiger partial charge < -0.3 is 15.0 Å². The molecule has 122 valence electrons. The second kappa shape index (κ2) is 7.68. The quantitative estimate of drug-likeness (QED) is 0.882. The van der Waals surface area contributed by atoms with E-state index >= 15 is 0 Å². The summed E-state index contributed by atoms with van der Waals surface area (Å²) in [4.78, 5) is 14.4. The first kappa shape index (κ1) is 16.9. The van der Waals surface area contributed by atoms with E-state index in [4.69, 9.17) is 4.74 Å². The largest absolute Gasteiger partial charge is 0.497 e. The molecular formula is C19H24N2O2. The van der Waals surface area contributed by atoms with Gasteiger partial charge in [-0.05, 0) is 56.7 Å². The highest BCUT2D eigenvalue weighted by Gasteiger charge is 2.12. The molecule has 0 spiro atoms. The molecule has 2 aromatic rings. The maximum absolute atomic E-state index is 12.3. The third kappa shape index (κ3) is 4.49. The third-order valence-electron chi connectivity index (χ3n) is 3.78. The van der Waals surface area contributed by atoms with Crippen LogP contribution in [0.15, 0.2) is 42.5 Å². The highest BCUT2D eigenvalue weighted by molar-refractivity contribution is 5.94. The number of nitrogens with zero attached hydrogens (tertiary/aromatic N) is 1. The van der Waals surface area contributed by atoms with Gasteiger partial charge in [0.05, 0.1) is 13.7 Å². The molecule has 0 heterocycles. The summed E-state index contributed by atoms with van der Waals surface area (Å²) in [6, 6.07) is 13.6. The Labute approximate surface area is 138 Å². The number of anilines is 2. The normalized spacial score (nSPS) is 10.3. The number of aryl methyl sites for hydroxylation is 2. The van der Waals surface area contributed by atoms with Crippen LogP contribution in [-0.4, -0.2) is 26.1 Å². The second-order valence-electron chi connectivity index (χ2n) is 5.58. The minimum absolute atomic E-state index is 0.0306. The van der Waals surface area contributed by atoms with Gasteiger partial charge in [-0.1, -0.05) is 17.7 Å². The van der Waals surface area contributed by atoms with Crippen LogP contribution in [0.4, 0.5) is 11.4 Å². The standard InChI is InChI=1S/C19H24N2O2/c1-5-21(18-11-6-14(2)12-15(18)3)13-19(22)20-16-7-9-17(23-4)10-8-16/h6-12H,5,13H2,1-4H3,(H,20,22). The number of carbonyl (C=O) groups is 1. The van der Waals surface area contributed by atoms with E-state index in [1.165, 1.54) is 11.1 Å². The zero-order valence-electron chi connectivity index (χ0n) is 14.2. The molecule has 0 saturated carbocycles. The average Bonchev–Trinajstić information content (AvgIpc) is 2.54. The Kier molecular flexibility index (Phi) is 5.63. The molecule has 0 aromatic heterocycles. The van der Waals surface area contributed by atoms with Crippen molar-refractivity contribution < 1.29 is 9.53 Å². The number of hydrogen-bond acceptors (Lipinski definition) is 3. The van der Waals surface area contributed by atoms with E-state index in [0.29, 0.717) is 6.54 Å². The van der Waals surface area contributed by atoms with Crippen molar-refractivity contribution in [1.29, 1.82) is 0 Å². The second-order valence-corrected chi connectivity index (χ2v) is 5.58. The van der Waals surface area contributed by atoms with Crippen LogP contribution in [0.25, 0.3) is 0 Å². The Hall–Kier alpha value is -2.49. The van der Waals surface area contributed by atoms with E-state index in [1.807, 2.05) is 24.3 Å². The van der Waals surface area contributed by atoms with Crippen molar-refractivity contribution in [2.24, 2.45) is 0 Å². The molecule has 0 aliphatic carbocycles. The highest BCUT2D eigenvalue weighted by Crippen LogP contribution is 2.21. The summed E-state index contributed by atoms with van der Waals surface area (Å²) in [6.07, 6.45) is 0. The zero-order chi connectivity index (χ0) is 16.8. The van der Waals surface area contributed by atoms with Crippen LogP contribution in [0.3, 0.4) is 0 Å². The fourth-order valence-electron chi connectivity index (χ4n) is 2.58. The van der Waals surface area contributed by atoms with Gasteiger partial charge in [-0.25, -0.2) is 0 Å². The van der Waals surface area contributed by atoms with Gasteiger partial charge in [0.2, 0.25) is 5.91 Å². The number of hydrogen-bond donors (Lipinski definition) is 1. The van der Waals surface area contributed by atoms with E-state index in [1.54, 1.807) is 7.11 Å². The molecule has 0 unspecified atom stereocenters. The van der Waals surface area contributed by atoms with Crippen LogP contribution in [0.1, 0.15) is 18.1 Å². The Bertz CT molecular complexity index is 666. The molecular weight excluding hydrogens is 288 g/mol. The summed E-state index contributed by atoms with van der Waals surface area (Å²) in [6.45, 7) is 7.31. The molecule has 0 aliphatic heterocycles. The van der Waals surface area contributed by atoms with Gasteiger partial charge in [-0.2, -0.15) is 0 Å². The number of rotatable bonds is 6. The number of nitrogens with one attached hydrogen (secondary N) is 1. The van der Waals surface area contributed by atoms with Crippen LogP contribution in [-0.2, 0) is 4.79 Å². The van der Waals surface area contributed by atoms with Crippen molar-refractivity contribution in [3.05, 3.63) is 53.6 Å². The first-order valence-corrected chi connectivity index (χ1v) is 7.79. The van der Waals surface area contributed by atoms with Crippen molar-refractivity contribution in [2.75, 3.05) is 30.4 Å². The molecule has 4 nitrogen and oxygen atoms in total. The topological polar surface area (TPSA) is 41.6 Å². The number of amides is 1. The Balaban J connectivity index is 2.04. The number of carbonyl (C=O) groups excluding carboxylic acids is 1. The van der Waals surface area contributed by atoms with Crippen molar-refractivity contribution in [3.8, 4) is 5.75 Å². The maximum Gasteiger partial charge on any atom is 0.243 e. The number of ether oxygens (including phenoxy) is 1. The predicted octanol–water partition coefficient (Wildman–Crippen LogP) is 3.78. The predicted molar refractivity (Wildman–Crippen MR) is 95.4 cm³/mol. The lowest BCUT2D eigenvalue weighted by Gasteiger charge is -2.24. The molecule has 0 bridgehead atoms. The van der Waals surface area contributed by atoms with E-state index < -0.39 is 0 Å². The highest BCUT2D eigenvalue weighted by atomic mass is 16.5. The monoisotopic (exact) mass is 312 g/mol. The molecule has 2 aromatic carbocycles. The van der Waals surface area contributed by atoms with Gasteiger partial charge in [0.25, 0.3) is 0 Å². The van der Waals surface area contributed by atoms with Crippen molar-refractivity contribution in [1.82, 2.24) is 0 Å². The Morgan fingerprint density at radius 3 is 2.39 bits per heavy atom. The molecule has 1 N–H and O–H groups in total. The van der Waals surface area contributed by atoms with Gasteiger partial charge >= 0.3 is 0 Å². The minimum atomic E-state index is -0.0306. The fraction of sp³-hybridized carbons (Fsp3) is 0.316. The summed E-state index contributed by atoms with van der Waals surface area (Å²) in [5.74, 6) is 0.741. The number of methoxy groups -OCH3 is 1. The van der Waals surface area contributed by atoms with Gasteiger partial charge in [0.15, 0.2) is 0 Å². The molecule has 0 radical (unpaired) electrons. The molecule has 0 aliphatic rings. The summed E-state index contributed by atoms with van der Waals surface area (Å²) in [5.41, 5.74) is 4.28. The summed E-state index contributed by atoms with van der Waals surface area (Å²) < 4.78 is 5.12. The first-order valence-electron chi connectivity index (χ1n) is 7.79. The maximum atomic E-state index is 12.3. The molecule has 0 fully saturated rings. The molecule has 23 heavy (non-hydrogen) atoms. The fourth-order valence-corrected chi connectivity index (χ4v) is 2.58. The molecule has 1 amide bonds. The van der Waals surface area contributed by atoms with Crippen LogP contribution in [0, 0.1) is 13.8 Å². The SMILES string of the molecule is CCN(CC(=O)Nc1ccc(OC)cc1)c1ccc(C)cc1C. The Morgan fingerprint density at radius 2 is 1.83 bits per heavy atom. The van der Waals surface area contributed by atoms with Crippen molar-refractivity contribution in [2.45, 2.75) is 20.8 Å². The lowest BCUT2D eigenvalue weighted by atomic mass is 10.1. The summed E-state index contributed by atoms with van der Waals surface area (Å²) in [5, 5.41) is 2.92. The minimum Gasteiger partial charge on any atom is -0.497 e. The lowest BCUT2D eigenvalue weighted by Crippen LogP contribution is -2.33. The van der Waals surface area contributed by atoms with E-state index in [9.17, 15) is 4.79 Å². The summed E-state index contributed by atoms with van der Waals surface area (Å²) >= 11 is 0. The molecule has 2 rings (SSSR count). The lowest BCUT2D eigenvalue weighted by molar-refractivity contribution is -0.115. The number of benzene rings is 2. The van der Waals surface area contributed by atoms with Crippen molar-refractivity contribution in [3.63, 3.8) is 0 Å². The number of likely N-dealkylation sites (N-methyl/N-ethyl adjacent to an activating group) is 1. The van der Waals surface area contributed by atoms with Gasteiger partial charge in [0.1, 0.15) is 5.75 Å². The molecule has 0 saturated heterocycles. The van der Waals surface area contributed by atoms with Crippen LogP contribution >= 0.6 is 0 Å². The smallest absolute Gasteiger partial charge is 0.243 e. The third-order valence-corrected chi connectivity index (χ3v) is 3.78. The molecule has 0 atom stereocenters. The van der Waals surface area contributed by atoms with E-state index in [2.05, 4.69) is 49.2 Å². The van der Waals surface area contributed by atoms with Crippen molar-refractivity contribution >= 4 is 17.3 Å². The summed E-state index contributed by atoms with van der Waals surface area (Å²) in [7, 11) is 1.62. The van der Waals surface area contributed by atoms with E-state index in [-0.39, 0.29) is 5.91 Å². The first-order chi connectivity index (χ1) is 11.0. The van der Waals surface area contributed by atoms with Crippen LogP contribution < -0.4 is 15.0 Å². The average molecular weight is 312 g/mol. The molecule has 4 heteroatoms. The van der Waals surface area contributed by atoms with Crippen LogP contribution in [0.5, 0.6) is 5.75 Å². The zero-order valence-corrected chi connectivity index (χ0v) is 14.2. The van der Waals surface area contributed by atoms with Gasteiger partial charge in [-0.15, -0.1) is 0 Å². The van der Waals surface area contributed by atoms with Crippen LogP contribution in [0.2, 0.25) is 0 Å². The van der Waals surface area contributed by atoms with Gasteiger partial charge in [-0.3, -0.25) is 4.79 Å². The van der Waals surface area contributed by atoms with E-state index in [0.717, 1.165) is 23.7 Å². The van der Waals surface area contributed by atoms with Gasteiger partial charge in [0, 0.05) is 17.9 Å².